The Kier molecular flexibility index (Phi) is 4.70. The van der Waals surface area contributed by atoms with Gasteiger partial charge in [0, 0.05) is 59.1 Å². The smallest absolute Gasteiger partial charge is 0.345 e. The van der Waals surface area contributed by atoms with Crippen molar-refractivity contribution >= 4 is 34.8 Å². The van der Waals surface area contributed by atoms with Crippen molar-refractivity contribution in [1.82, 2.24) is 14.9 Å². The minimum atomic E-state index is -0.936. The highest BCUT2D eigenvalue weighted by Gasteiger charge is 2.52. The van der Waals surface area contributed by atoms with Gasteiger partial charge in [-0.2, -0.15) is 0 Å². The highest BCUT2D eigenvalue weighted by atomic mass is 32.1. The first-order chi connectivity index (χ1) is 16.0. The number of aromatic nitrogens is 2. The van der Waals surface area contributed by atoms with Crippen molar-refractivity contribution in [3.05, 3.63) is 58.7 Å². The molecule has 4 heterocycles. The quantitative estimate of drug-likeness (QED) is 0.633. The van der Waals surface area contributed by atoms with Crippen LogP contribution < -0.4 is 4.90 Å². The molecule has 1 aromatic carbocycles. The normalized spacial score (nSPS) is 18.4. The molecule has 1 aliphatic carbocycles. The number of fused-ring (bicyclic) bond motifs is 2. The molecule has 0 radical (unpaired) electrons. The van der Waals surface area contributed by atoms with Crippen LogP contribution in [0.3, 0.4) is 0 Å². The van der Waals surface area contributed by atoms with Gasteiger partial charge in [-0.3, -0.25) is 4.79 Å². The molecule has 6 rings (SSSR count). The number of rotatable bonds is 4. The van der Waals surface area contributed by atoms with Crippen LogP contribution in [-0.4, -0.2) is 64.7 Å². The lowest BCUT2D eigenvalue weighted by Crippen LogP contribution is -2.40. The molecule has 8 nitrogen and oxygen atoms in total. The van der Waals surface area contributed by atoms with E-state index in [1.54, 1.807) is 24.5 Å². The molecule has 0 atom stereocenters. The summed E-state index contributed by atoms with van der Waals surface area (Å²) >= 11 is 1.20. The van der Waals surface area contributed by atoms with Crippen molar-refractivity contribution in [2.75, 3.05) is 37.7 Å². The second kappa shape index (κ2) is 7.64. The summed E-state index contributed by atoms with van der Waals surface area (Å²) in [5.74, 6) is -0.314. The third-order valence-electron chi connectivity index (χ3n) is 6.70. The van der Waals surface area contributed by atoms with Crippen molar-refractivity contribution in [3.8, 4) is 10.4 Å². The summed E-state index contributed by atoms with van der Waals surface area (Å²) in [7, 11) is 0. The van der Waals surface area contributed by atoms with Crippen LogP contribution in [0.4, 0.5) is 11.6 Å². The lowest BCUT2D eigenvalue weighted by molar-refractivity contribution is 0.0303. The maximum atomic E-state index is 13.1. The zero-order chi connectivity index (χ0) is 22.6. The van der Waals surface area contributed by atoms with Crippen LogP contribution in [-0.2, 0) is 10.2 Å². The number of benzene rings is 1. The first-order valence-corrected chi connectivity index (χ1v) is 11.8. The lowest BCUT2D eigenvalue weighted by Gasteiger charge is -2.27. The second-order valence-corrected chi connectivity index (χ2v) is 9.83. The Balaban J connectivity index is 1.30. The third kappa shape index (κ3) is 3.48. The molecular formula is C24H22N4O4S. The van der Waals surface area contributed by atoms with Crippen molar-refractivity contribution in [2.24, 2.45) is 0 Å². The lowest BCUT2D eigenvalue weighted by atomic mass is 9.97. The van der Waals surface area contributed by atoms with E-state index in [9.17, 15) is 9.59 Å². The SMILES string of the molecule is O=C(O)c1ccc(-c2cnc(N3CC4(CC4)c4ccc(C(=O)N5CCOCC5)cc43)nc2)s1. The summed E-state index contributed by atoms with van der Waals surface area (Å²) in [6.45, 7) is 3.18. The van der Waals surface area contributed by atoms with Crippen LogP contribution in [0.15, 0.2) is 42.7 Å². The second-order valence-electron chi connectivity index (χ2n) is 8.74. The van der Waals surface area contributed by atoms with E-state index in [0.29, 0.717) is 37.8 Å². The number of carbonyl (C=O) groups excluding carboxylic acids is 1. The van der Waals surface area contributed by atoms with Gasteiger partial charge in [0.25, 0.3) is 5.91 Å². The molecule has 3 aliphatic rings. The van der Waals surface area contributed by atoms with E-state index in [4.69, 9.17) is 9.84 Å². The Morgan fingerprint density at radius 3 is 2.48 bits per heavy atom. The van der Waals surface area contributed by atoms with Crippen LogP contribution in [0.1, 0.15) is 38.4 Å². The van der Waals surface area contributed by atoms with Crippen molar-refractivity contribution in [2.45, 2.75) is 18.3 Å². The molecule has 0 unspecified atom stereocenters. The van der Waals surface area contributed by atoms with E-state index in [2.05, 4.69) is 20.9 Å². The Morgan fingerprint density at radius 2 is 1.82 bits per heavy atom. The largest absolute Gasteiger partial charge is 0.477 e. The maximum absolute atomic E-state index is 13.1. The summed E-state index contributed by atoms with van der Waals surface area (Å²) in [4.78, 5) is 38.5. The van der Waals surface area contributed by atoms with Crippen LogP contribution in [0, 0.1) is 0 Å². The fourth-order valence-corrected chi connectivity index (χ4v) is 5.53. The molecule has 3 aromatic rings. The number of thiophene rings is 1. The molecule has 1 saturated carbocycles. The van der Waals surface area contributed by atoms with Gasteiger partial charge in [0.1, 0.15) is 4.88 Å². The minimum absolute atomic E-state index is 0.0287. The average molecular weight is 463 g/mol. The molecule has 1 saturated heterocycles. The number of carbonyl (C=O) groups is 2. The predicted octanol–water partition coefficient (Wildman–Crippen LogP) is 3.56. The average Bonchev–Trinajstić information content (AvgIpc) is 3.32. The molecule has 0 bridgehead atoms. The number of hydrogen-bond acceptors (Lipinski definition) is 7. The Hall–Kier alpha value is -3.30. The van der Waals surface area contributed by atoms with E-state index >= 15 is 0 Å². The fourth-order valence-electron chi connectivity index (χ4n) is 4.71. The molecule has 2 fully saturated rings. The molecule has 168 valence electrons. The molecule has 1 amide bonds. The standard InChI is InChI=1S/C24H22N4O4S/c29-21(27-7-9-32-10-8-27)15-1-2-17-18(11-15)28(14-24(17)5-6-24)23-25-12-16(13-26-23)19-3-4-20(33-19)22(30)31/h1-4,11-13H,5-10,14H2,(H,30,31). The summed E-state index contributed by atoms with van der Waals surface area (Å²) in [6, 6.07) is 9.40. The van der Waals surface area contributed by atoms with Crippen LogP contribution in [0.25, 0.3) is 10.4 Å². The van der Waals surface area contributed by atoms with Gasteiger partial charge in [-0.1, -0.05) is 6.07 Å². The van der Waals surface area contributed by atoms with Gasteiger partial charge in [0.05, 0.1) is 13.2 Å². The van der Waals surface area contributed by atoms with E-state index in [-0.39, 0.29) is 16.2 Å². The Labute approximate surface area is 194 Å². The molecular weight excluding hydrogens is 440 g/mol. The van der Waals surface area contributed by atoms with Crippen molar-refractivity contribution in [3.63, 3.8) is 0 Å². The van der Waals surface area contributed by atoms with Crippen LogP contribution in [0.5, 0.6) is 0 Å². The van der Waals surface area contributed by atoms with Gasteiger partial charge in [0.15, 0.2) is 0 Å². The molecule has 1 spiro atoms. The zero-order valence-electron chi connectivity index (χ0n) is 17.9. The number of carboxylic acid groups (broad SMARTS) is 1. The van der Waals surface area contributed by atoms with Gasteiger partial charge in [0.2, 0.25) is 5.95 Å². The molecule has 2 aliphatic heterocycles. The first kappa shape index (κ1) is 20.3. The number of carboxylic acids is 1. The fraction of sp³-hybridized carbons (Fsp3) is 0.333. The summed E-state index contributed by atoms with van der Waals surface area (Å²) in [6.07, 6.45) is 5.72. The number of ether oxygens (including phenoxy) is 1. The number of aromatic carboxylic acids is 1. The number of anilines is 2. The van der Waals surface area contributed by atoms with E-state index in [1.807, 2.05) is 17.0 Å². The monoisotopic (exact) mass is 462 g/mol. The molecule has 2 aromatic heterocycles. The Bertz CT molecular complexity index is 1250. The molecule has 1 N–H and O–H groups in total. The third-order valence-corrected chi connectivity index (χ3v) is 7.82. The van der Waals surface area contributed by atoms with Gasteiger partial charge >= 0.3 is 5.97 Å². The molecule has 33 heavy (non-hydrogen) atoms. The van der Waals surface area contributed by atoms with Crippen molar-refractivity contribution < 1.29 is 19.4 Å². The first-order valence-electron chi connectivity index (χ1n) is 11.0. The summed E-state index contributed by atoms with van der Waals surface area (Å²) in [5.41, 5.74) is 3.85. The maximum Gasteiger partial charge on any atom is 0.345 e. The van der Waals surface area contributed by atoms with Gasteiger partial charge in [-0.25, -0.2) is 14.8 Å². The highest BCUT2D eigenvalue weighted by molar-refractivity contribution is 7.17. The number of morpholine rings is 1. The van der Waals surface area contributed by atoms with Crippen LogP contribution in [0.2, 0.25) is 0 Å². The van der Waals surface area contributed by atoms with E-state index in [1.165, 1.54) is 16.9 Å². The predicted molar refractivity (Wildman–Crippen MR) is 123 cm³/mol. The Morgan fingerprint density at radius 1 is 1.06 bits per heavy atom. The summed E-state index contributed by atoms with van der Waals surface area (Å²) in [5, 5.41) is 9.16. The minimum Gasteiger partial charge on any atom is -0.477 e. The number of hydrogen-bond donors (Lipinski definition) is 1. The van der Waals surface area contributed by atoms with Gasteiger partial charge < -0.3 is 19.6 Å². The van der Waals surface area contributed by atoms with Gasteiger partial charge in [-0.15, -0.1) is 11.3 Å². The topological polar surface area (TPSA) is 95.9 Å². The number of amides is 1. The van der Waals surface area contributed by atoms with Crippen molar-refractivity contribution in [1.29, 1.82) is 0 Å². The molecule has 9 heteroatoms. The van der Waals surface area contributed by atoms with Crippen LogP contribution >= 0.6 is 11.3 Å². The number of nitrogens with zero attached hydrogens (tertiary/aromatic N) is 4. The zero-order valence-corrected chi connectivity index (χ0v) is 18.7. The van der Waals surface area contributed by atoms with E-state index in [0.717, 1.165) is 35.5 Å². The van der Waals surface area contributed by atoms with E-state index < -0.39 is 5.97 Å². The summed E-state index contributed by atoms with van der Waals surface area (Å²) < 4.78 is 5.38. The highest BCUT2D eigenvalue weighted by Crippen LogP contribution is 2.57. The van der Waals surface area contributed by atoms with Gasteiger partial charge in [-0.05, 0) is 42.7 Å².